The van der Waals surface area contributed by atoms with E-state index in [0.29, 0.717) is 106 Å². The molecule has 0 amide bonds. The fourth-order valence-corrected chi connectivity index (χ4v) is 2.63. The van der Waals surface area contributed by atoms with Gasteiger partial charge in [0.1, 0.15) is 6.61 Å². The van der Waals surface area contributed by atoms with E-state index in [1.165, 1.54) is 0 Å². The van der Waals surface area contributed by atoms with Crippen LogP contribution in [0.4, 0.5) is 0 Å². The summed E-state index contributed by atoms with van der Waals surface area (Å²) < 4.78 is 52.7. The number of aliphatic carboxylic acids is 2. The van der Waals surface area contributed by atoms with Gasteiger partial charge in [0.25, 0.3) is 0 Å². The summed E-state index contributed by atoms with van der Waals surface area (Å²) in [6.45, 7) is 6.98. The van der Waals surface area contributed by atoms with Crippen molar-refractivity contribution in [3.05, 3.63) is 0 Å². The van der Waals surface area contributed by atoms with Crippen LogP contribution in [0.25, 0.3) is 0 Å². The third-order valence-electron chi connectivity index (χ3n) is 4.72. The van der Waals surface area contributed by atoms with E-state index in [9.17, 15) is 19.2 Å². The largest absolute Gasteiger partial charge is 0.481 e. The summed E-state index contributed by atoms with van der Waals surface area (Å²) >= 11 is 0. The Morgan fingerprint density at radius 1 is 0.357 bits per heavy atom. The fraction of sp³-hybridized carbons (Fsp3) is 0.846. The van der Waals surface area contributed by atoms with Crippen LogP contribution < -0.4 is 0 Å². The summed E-state index contributed by atoms with van der Waals surface area (Å²) in [6.07, 6.45) is -0.684. The summed E-state index contributed by atoms with van der Waals surface area (Å²) in [7, 11) is 0. The minimum Gasteiger partial charge on any atom is -0.481 e. The van der Waals surface area contributed by atoms with Crippen molar-refractivity contribution in [2.45, 2.75) is 19.3 Å². The second kappa shape index (κ2) is 31.7. The number of carboxylic acids is 2. The lowest BCUT2D eigenvalue weighted by molar-refractivity contribution is -0.151. The van der Waals surface area contributed by atoms with Crippen LogP contribution in [-0.4, -0.2) is 159 Å². The van der Waals surface area contributed by atoms with Crippen molar-refractivity contribution in [1.82, 2.24) is 0 Å². The van der Waals surface area contributed by atoms with Crippen molar-refractivity contribution < 1.29 is 76.8 Å². The summed E-state index contributed by atoms with van der Waals surface area (Å²) in [5, 5.41) is 16.9. The molecule has 246 valence electrons. The van der Waals surface area contributed by atoms with Gasteiger partial charge in [0.2, 0.25) is 5.78 Å². The minimum atomic E-state index is -1.57. The molecule has 0 bridgehead atoms. The third kappa shape index (κ3) is 32.2. The summed E-state index contributed by atoms with van der Waals surface area (Å²) in [5.41, 5.74) is 0. The molecule has 0 radical (unpaired) electrons. The van der Waals surface area contributed by atoms with Gasteiger partial charge >= 0.3 is 17.9 Å². The van der Waals surface area contributed by atoms with Gasteiger partial charge in [-0.1, -0.05) is 0 Å². The van der Waals surface area contributed by atoms with Crippen molar-refractivity contribution in [3.63, 3.8) is 0 Å². The van der Waals surface area contributed by atoms with Gasteiger partial charge in [0.05, 0.1) is 132 Å². The molecule has 0 unspecified atom stereocenters. The molecule has 2 N–H and O–H groups in total. The summed E-state index contributed by atoms with van der Waals surface area (Å²) in [5.74, 6) is -4.14. The first-order valence-corrected chi connectivity index (χ1v) is 13.8. The van der Waals surface area contributed by atoms with Crippen molar-refractivity contribution >= 4 is 23.7 Å². The average molecular weight is 615 g/mol. The molecule has 0 heterocycles. The number of hydrogen-bond donors (Lipinski definition) is 2. The topological polar surface area (TPSA) is 201 Å². The highest BCUT2D eigenvalue weighted by molar-refractivity contribution is 6.32. The van der Waals surface area contributed by atoms with Crippen LogP contribution >= 0.6 is 0 Å². The first-order valence-electron chi connectivity index (χ1n) is 13.8. The molecule has 0 spiro atoms. The predicted octanol–water partition coefficient (Wildman–Crippen LogP) is -0.412. The molecule has 0 rings (SSSR count). The van der Waals surface area contributed by atoms with Gasteiger partial charge in [-0.15, -0.1) is 0 Å². The van der Waals surface area contributed by atoms with E-state index in [2.05, 4.69) is 0 Å². The lowest BCUT2D eigenvalue weighted by atomic mass is 10.2. The highest BCUT2D eigenvalue weighted by Crippen LogP contribution is 1.95. The number of rotatable bonds is 34. The maximum absolute atomic E-state index is 11.3. The third-order valence-corrected chi connectivity index (χ3v) is 4.72. The standard InChI is InChI=1S/C26H46O16/c27-23(26(31)32)1-2-25(30)42-22-21-41-20-19-40-18-17-39-16-15-38-14-13-37-12-11-36-10-9-35-8-7-34-6-5-33-4-3-24(28)29/h1-22H2,(H,28,29)(H,31,32). The SMILES string of the molecule is O=C(O)CCOCCOCCOCCOCCOCCOCCOCCOCCOCCOC(=O)CCC(=O)C(=O)O. The first kappa shape index (κ1) is 39.7. The zero-order chi connectivity index (χ0) is 30.9. The van der Waals surface area contributed by atoms with Crippen LogP contribution in [0.1, 0.15) is 19.3 Å². The van der Waals surface area contributed by atoms with E-state index < -0.39 is 23.7 Å². The number of ether oxygens (including phenoxy) is 10. The van der Waals surface area contributed by atoms with E-state index in [4.69, 9.17) is 57.6 Å². The van der Waals surface area contributed by atoms with Crippen LogP contribution in [0.15, 0.2) is 0 Å². The van der Waals surface area contributed by atoms with Crippen LogP contribution in [0.2, 0.25) is 0 Å². The highest BCUT2D eigenvalue weighted by Gasteiger charge is 2.14. The maximum Gasteiger partial charge on any atom is 0.372 e. The quantitative estimate of drug-likeness (QED) is 0.0537. The normalized spacial score (nSPS) is 11.0. The molecule has 0 saturated heterocycles. The number of hydrogen-bond acceptors (Lipinski definition) is 14. The smallest absolute Gasteiger partial charge is 0.372 e. The van der Waals surface area contributed by atoms with Gasteiger partial charge in [-0.05, 0) is 0 Å². The first-order chi connectivity index (χ1) is 20.4. The molecule has 16 nitrogen and oxygen atoms in total. The number of ketones is 1. The van der Waals surface area contributed by atoms with Crippen LogP contribution in [0.5, 0.6) is 0 Å². The van der Waals surface area contributed by atoms with Crippen molar-refractivity contribution in [2.75, 3.05) is 126 Å². The minimum absolute atomic E-state index is 0.00844. The Labute approximate surface area is 245 Å². The van der Waals surface area contributed by atoms with Gasteiger partial charge in [0, 0.05) is 6.42 Å². The number of Topliss-reactive ketones (excluding diaryl/α,β-unsaturated/α-hetero) is 1. The molecule has 0 aromatic carbocycles. The molecule has 0 aliphatic carbocycles. The number of carbonyl (C=O) groups is 4. The molecule has 0 aliphatic rings. The van der Waals surface area contributed by atoms with Crippen LogP contribution in [0.3, 0.4) is 0 Å². The van der Waals surface area contributed by atoms with Crippen LogP contribution in [0, 0.1) is 0 Å². The molecule has 0 aromatic heterocycles. The van der Waals surface area contributed by atoms with Gasteiger partial charge in [0.15, 0.2) is 0 Å². The van der Waals surface area contributed by atoms with Gasteiger partial charge < -0.3 is 57.6 Å². The van der Waals surface area contributed by atoms with Gasteiger partial charge in [-0.2, -0.15) is 0 Å². The molecule has 42 heavy (non-hydrogen) atoms. The van der Waals surface area contributed by atoms with E-state index in [-0.39, 0.29) is 39.1 Å². The highest BCUT2D eigenvalue weighted by atomic mass is 16.6. The Hall–Kier alpha value is -2.28. The number of carboxylic acid groups (broad SMARTS) is 2. The molecular formula is C26H46O16. The summed E-state index contributed by atoms with van der Waals surface area (Å²) in [6, 6.07) is 0. The van der Waals surface area contributed by atoms with E-state index in [1.54, 1.807) is 0 Å². The Balaban J connectivity index is 3.13. The second-order valence-electron chi connectivity index (χ2n) is 8.10. The Kier molecular flexibility index (Phi) is 29.9. The molecular weight excluding hydrogens is 568 g/mol. The lowest BCUT2D eigenvalue weighted by Gasteiger charge is -2.09. The second-order valence-corrected chi connectivity index (χ2v) is 8.10. The predicted molar refractivity (Wildman–Crippen MR) is 142 cm³/mol. The van der Waals surface area contributed by atoms with E-state index in [0.717, 1.165) is 0 Å². The van der Waals surface area contributed by atoms with Crippen molar-refractivity contribution in [2.24, 2.45) is 0 Å². The zero-order valence-electron chi connectivity index (χ0n) is 24.2. The van der Waals surface area contributed by atoms with Crippen molar-refractivity contribution in [3.8, 4) is 0 Å². The molecule has 0 saturated carbocycles. The average Bonchev–Trinajstić information content (AvgIpc) is 2.96. The van der Waals surface area contributed by atoms with Crippen LogP contribution in [-0.2, 0) is 66.5 Å². The number of carbonyl (C=O) groups excluding carboxylic acids is 2. The molecule has 0 fully saturated rings. The van der Waals surface area contributed by atoms with Gasteiger partial charge in [-0.3, -0.25) is 14.4 Å². The molecule has 16 heteroatoms. The molecule has 0 aromatic rings. The van der Waals surface area contributed by atoms with E-state index in [1.807, 2.05) is 0 Å². The number of esters is 1. The molecule has 0 aliphatic heterocycles. The summed E-state index contributed by atoms with van der Waals surface area (Å²) in [4.78, 5) is 42.9. The fourth-order valence-electron chi connectivity index (χ4n) is 2.63. The zero-order valence-corrected chi connectivity index (χ0v) is 24.2. The molecule has 0 atom stereocenters. The lowest BCUT2D eigenvalue weighted by Crippen LogP contribution is -2.17. The maximum atomic E-state index is 11.3. The Morgan fingerprint density at radius 3 is 0.929 bits per heavy atom. The van der Waals surface area contributed by atoms with Gasteiger partial charge in [-0.25, -0.2) is 4.79 Å². The Morgan fingerprint density at radius 2 is 0.643 bits per heavy atom. The Bertz CT molecular complexity index is 675. The van der Waals surface area contributed by atoms with E-state index >= 15 is 0 Å². The monoisotopic (exact) mass is 614 g/mol. The van der Waals surface area contributed by atoms with Crippen molar-refractivity contribution in [1.29, 1.82) is 0 Å².